The van der Waals surface area contributed by atoms with Crippen LogP contribution in [0.25, 0.3) is 11.1 Å². The number of phenolic OH excluding ortho intramolecular Hbond substituents is 1. The molecule has 6 nitrogen and oxygen atoms in total. The molecule has 3 aromatic rings. The number of fused-ring (bicyclic) bond motifs is 1. The molecule has 2 heterocycles. The van der Waals surface area contributed by atoms with Crippen LogP contribution in [0.1, 0.15) is 34.2 Å². The molecular weight excluding hydrogens is 386 g/mol. The number of benzene rings is 1. The Morgan fingerprint density at radius 1 is 1.32 bits per heavy atom. The molecule has 0 spiro atoms. The van der Waals surface area contributed by atoms with Crippen molar-refractivity contribution in [2.24, 2.45) is 0 Å². The van der Waals surface area contributed by atoms with Crippen LogP contribution in [-0.2, 0) is 6.54 Å². The quantitative estimate of drug-likeness (QED) is 0.712. The van der Waals surface area contributed by atoms with Gasteiger partial charge in [-0.2, -0.15) is 0 Å². The molecule has 0 radical (unpaired) electrons. The van der Waals surface area contributed by atoms with E-state index in [4.69, 9.17) is 4.52 Å². The number of aromatic hydroxyl groups is 1. The van der Waals surface area contributed by atoms with Gasteiger partial charge in [0, 0.05) is 28.8 Å². The van der Waals surface area contributed by atoms with E-state index in [2.05, 4.69) is 26.1 Å². The zero-order valence-electron chi connectivity index (χ0n) is 14.2. The van der Waals surface area contributed by atoms with Crippen molar-refractivity contribution in [3.63, 3.8) is 0 Å². The maximum absolute atomic E-state index is 13.1. The molecule has 1 amide bonds. The average molecular weight is 404 g/mol. The van der Waals surface area contributed by atoms with Gasteiger partial charge in [0.05, 0.1) is 16.6 Å². The largest absolute Gasteiger partial charge is 0.508 e. The van der Waals surface area contributed by atoms with Crippen molar-refractivity contribution in [1.29, 1.82) is 0 Å². The van der Waals surface area contributed by atoms with E-state index in [0.29, 0.717) is 46.7 Å². The summed E-state index contributed by atoms with van der Waals surface area (Å²) in [4.78, 5) is 19.1. The lowest BCUT2D eigenvalue weighted by molar-refractivity contribution is 0.0753. The number of amides is 1. The maximum atomic E-state index is 13.1. The summed E-state index contributed by atoms with van der Waals surface area (Å²) in [5.74, 6) is 0.00957. The first-order valence-corrected chi connectivity index (χ1v) is 8.70. The van der Waals surface area contributed by atoms with Crippen LogP contribution in [0.5, 0.6) is 5.75 Å². The second-order valence-corrected chi connectivity index (χ2v) is 6.77. The number of halogens is 1. The number of aromatic nitrogens is 2. The Kier molecular flexibility index (Phi) is 4.76. The number of carbonyl (C=O) groups excluding carboxylic acids is 1. The van der Waals surface area contributed by atoms with Gasteiger partial charge in [0.2, 0.25) is 0 Å². The summed E-state index contributed by atoms with van der Waals surface area (Å²) < 4.78 is 6.06. The Bertz CT molecular complexity index is 952. The summed E-state index contributed by atoms with van der Waals surface area (Å²) in [6.45, 7) is 6.30. The summed E-state index contributed by atoms with van der Waals surface area (Å²) in [5, 5.41) is 14.6. The number of hydrogen-bond acceptors (Lipinski definition) is 5. The first-order chi connectivity index (χ1) is 11.9. The summed E-state index contributed by atoms with van der Waals surface area (Å²) in [6.07, 6.45) is 0. The molecule has 0 atom stereocenters. The van der Waals surface area contributed by atoms with Crippen molar-refractivity contribution in [3.8, 4) is 5.75 Å². The van der Waals surface area contributed by atoms with Gasteiger partial charge in [-0.25, -0.2) is 4.98 Å². The van der Waals surface area contributed by atoms with Crippen LogP contribution in [0, 0.1) is 13.8 Å². The minimum Gasteiger partial charge on any atom is -0.508 e. The Labute approximate surface area is 153 Å². The van der Waals surface area contributed by atoms with Gasteiger partial charge in [0.1, 0.15) is 5.75 Å². The van der Waals surface area contributed by atoms with Gasteiger partial charge in [-0.3, -0.25) is 4.79 Å². The Hall–Kier alpha value is -2.41. The van der Waals surface area contributed by atoms with E-state index in [0.717, 1.165) is 4.47 Å². The van der Waals surface area contributed by atoms with Crippen LogP contribution in [0.4, 0.5) is 0 Å². The predicted octanol–water partition coefficient (Wildman–Crippen LogP) is 3.97. The van der Waals surface area contributed by atoms with Crippen molar-refractivity contribution >= 4 is 32.9 Å². The highest BCUT2D eigenvalue weighted by molar-refractivity contribution is 9.10. The topological polar surface area (TPSA) is 79.5 Å². The maximum Gasteiger partial charge on any atom is 0.258 e. The van der Waals surface area contributed by atoms with Crippen LogP contribution in [0.3, 0.4) is 0 Å². The SMILES string of the molecule is CCN(Cc1cc(Br)ccc1O)C(=O)c1cc(C)nc2onc(C)c12. The first-order valence-electron chi connectivity index (χ1n) is 7.91. The lowest BCUT2D eigenvalue weighted by atomic mass is 10.1. The minimum absolute atomic E-state index is 0.149. The van der Waals surface area contributed by atoms with Crippen LogP contribution in [-0.4, -0.2) is 32.6 Å². The van der Waals surface area contributed by atoms with E-state index in [1.165, 1.54) is 0 Å². The summed E-state index contributed by atoms with van der Waals surface area (Å²) in [5.41, 5.74) is 2.87. The predicted molar refractivity (Wildman–Crippen MR) is 97.5 cm³/mol. The van der Waals surface area contributed by atoms with E-state index < -0.39 is 0 Å². The number of rotatable bonds is 4. The number of carbonyl (C=O) groups is 1. The number of hydrogen-bond donors (Lipinski definition) is 1. The average Bonchev–Trinajstić information content (AvgIpc) is 2.95. The van der Waals surface area contributed by atoms with E-state index >= 15 is 0 Å². The molecule has 1 N–H and O–H groups in total. The van der Waals surface area contributed by atoms with E-state index in [1.54, 1.807) is 30.0 Å². The molecular formula is C18H18BrN3O3. The fraction of sp³-hybridized carbons (Fsp3) is 0.278. The van der Waals surface area contributed by atoms with Gasteiger partial charge >= 0.3 is 0 Å². The first kappa shape index (κ1) is 17.4. The van der Waals surface area contributed by atoms with Crippen molar-refractivity contribution < 1.29 is 14.4 Å². The molecule has 0 saturated heterocycles. The van der Waals surface area contributed by atoms with E-state index in [9.17, 15) is 9.90 Å². The van der Waals surface area contributed by atoms with Crippen molar-refractivity contribution in [3.05, 3.63) is 51.3 Å². The highest BCUT2D eigenvalue weighted by Gasteiger charge is 2.22. The molecule has 0 bridgehead atoms. The number of pyridine rings is 1. The van der Waals surface area contributed by atoms with Gasteiger partial charge in [0.15, 0.2) is 0 Å². The Balaban J connectivity index is 2.01. The van der Waals surface area contributed by atoms with Crippen molar-refractivity contribution in [2.75, 3.05) is 6.54 Å². The molecule has 2 aromatic heterocycles. The molecule has 1 aromatic carbocycles. The zero-order valence-corrected chi connectivity index (χ0v) is 15.8. The van der Waals surface area contributed by atoms with Gasteiger partial charge < -0.3 is 14.5 Å². The van der Waals surface area contributed by atoms with Crippen molar-refractivity contribution in [1.82, 2.24) is 15.0 Å². The molecule has 0 fully saturated rings. The zero-order chi connectivity index (χ0) is 18.1. The standard InChI is InChI=1S/C18H18BrN3O3/c1-4-22(9-12-8-13(19)5-6-15(12)23)18(24)14-7-10(2)20-17-16(14)11(3)21-25-17/h5-8,23H,4,9H2,1-3H3. The normalized spacial score (nSPS) is 11.0. The molecule has 0 aliphatic rings. The molecule has 25 heavy (non-hydrogen) atoms. The highest BCUT2D eigenvalue weighted by Crippen LogP contribution is 2.26. The number of phenols is 1. The molecule has 7 heteroatoms. The third-order valence-corrected chi connectivity index (χ3v) is 4.54. The second-order valence-electron chi connectivity index (χ2n) is 5.85. The van der Waals surface area contributed by atoms with Gasteiger partial charge in [-0.15, -0.1) is 0 Å². The van der Waals surface area contributed by atoms with Gasteiger partial charge in [-0.1, -0.05) is 21.1 Å². The highest BCUT2D eigenvalue weighted by atomic mass is 79.9. The third kappa shape index (κ3) is 3.37. The lowest BCUT2D eigenvalue weighted by Crippen LogP contribution is -2.30. The number of aryl methyl sites for hydroxylation is 2. The van der Waals surface area contributed by atoms with Crippen molar-refractivity contribution in [2.45, 2.75) is 27.3 Å². The molecule has 3 rings (SSSR count). The minimum atomic E-state index is -0.149. The Morgan fingerprint density at radius 2 is 2.08 bits per heavy atom. The van der Waals surface area contributed by atoms with Crippen LogP contribution in [0.15, 0.2) is 33.3 Å². The van der Waals surface area contributed by atoms with Gasteiger partial charge in [0.25, 0.3) is 11.6 Å². The molecule has 0 saturated carbocycles. The van der Waals surface area contributed by atoms with Crippen LogP contribution >= 0.6 is 15.9 Å². The summed E-state index contributed by atoms with van der Waals surface area (Å²) in [6, 6.07) is 6.92. The fourth-order valence-corrected chi connectivity index (χ4v) is 3.18. The van der Waals surface area contributed by atoms with Crippen LogP contribution < -0.4 is 0 Å². The Morgan fingerprint density at radius 3 is 2.80 bits per heavy atom. The smallest absolute Gasteiger partial charge is 0.258 e. The molecule has 0 unspecified atom stereocenters. The lowest BCUT2D eigenvalue weighted by Gasteiger charge is -2.22. The fourth-order valence-electron chi connectivity index (χ4n) is 2.77. The molecule has 0 aliphatic carbocycles. The third-order valence-electron chi connectivity index (χ3n) is 4.05. The van der Waals surface area contributed by atoms with Crippen LogP contribution in [0.2, 0.25) is 0 Å². The second kappa shape index (κ2) is 6.84. The number of nitrogens with zero attached hydrogens (tertiary/aromatic N) is 3. The van der Waals surface area contributed by atoms with Gasteiger partial charge in [-0.05, 0) is 45.0 Å². The monoisotopic (exact) mass is 403 g/mol. The molecule has 0 aliphatic heterocycles. The summed E-state index contributed by atoms with van der Waals surface area (Å²) >= 11 is 3.39. The van der Waals surface area contributed by atoms with E-state index in [1.807, 2.05) is 19.9 Å². The summed E-state index contributed by atoms with van der Waals surface area (Å²) in [7, 11) is 0. The molecule has 130 valence electrons. The van der Waals surface area contributed by atoms with E-state index in [-0.39, 0.29) is 11.7 Å².